The Morgan fingerprint density at radius 2 is 1.84 bits per heavy atom. The summed E-state index contributed by atoms with van der Waals surface area (Å²) in [6.45, 7) is 8.54. The van der Waals surface area contributed by atoms with Gasteiger partial charge in [0, 0.05) is 30.9 Å². The third kappa shape index (κ3) is 7.36. The van der Waals surface area contributed by atoms with E-state index >= 15 is 0 Å². The van der Waals surface area contributed by atoms with Crippen LogP contribution < -0.4 is 16.0 Å². The fourth-order valence-corrected chi connectivity index (χ4v) is 3.17. The smallest absolute Gasteiger partial charge is 0.307 e. The number of esters is 1. The summed E-state index contributed by atoms with van der Waals surface area (Å²) in [5.41, 5.74) is 1.95. The van der Waals surface area contributed by atoms with Gasteiger partial charge < -0.3 is 20.7 Å². The standard InChI is InChI=1S/C22H32N4O5/c1-5-19(27)24-16-7-6-8-17(15(16)4)25-20(28)12-26-10-9-23-22(30)18(26)11-21(29)31-13-14(2)3/h6-8,14,18H,5,9-13H2,1-4H3,(H,23,30)(H,24,27)(H,25,28). The van der Waals surface area contributed by atoms with Crippen LogP contribution in [0, 0.1) is 12.8 Å². The first-order valence-corrected chi connectivity index (χ1v) is 10.6. The fraction of sp³-hybridized carbons (Fsp3) is 0.545. The quantitative estimate of drug-likeness (QED) is 0.511. The van der Waals surface area contributed by atoms with E-state index in [0.717, 1.165) is 5.56 Å². The lowest BCUT2D eigenvalue weighted by molar-refractivity contribution is -0.149. The third-order valence-corrected chi connectivity index (χ3v) is 4.93. The number of rotatable bonds is 9. The van der Waals surface area contributed by atoms with Gasteiger partial charge in [0.05, 0.1) is 19.6 Å². The van der Waals surface area contributed by atoms with Crippen molar-refractivity contribution in [3.05, 3.63) is 23.8 Å². The molecule has 1 fully saturated rings. The van der Waals surface area contributed by atoms with E-state index in [-0.39, 0.29) is 43.2 Å². The van der Waals surface area contributed by atoms with E-state index in [4.69, 9.17) is 4.74 Å². The molecule has 1 aliphatic heterocycles. The van der Waals surface area contributed by atoms with Gasteiger partial charge in [-0.05, 0) is 30.5 Å². The van der Waals surface area contributed by atoms with Gasteiger partial charge in [-0.25, -0.2) is 0 Å². The molecule has 1 heterocycles. The Morgan fingerprint density at radius 3 is 2.45 bits per heavy atom. The monoisotopic (exact) mass is 432 g/mol. The van der Waals surface area contributed by atoms with Gasteiger partial charge in [-0.15, -0.1) is 0 Å². The summed E-state index contributed by atoms with van der Waals surface area (Å²) >= 11 is 0. The first-order valence-electron chi connectivity index (χ1n) is 10.6. The van der Waals surface area contributed by atoms with Gasteiger partial charge in [0.2, 0.25) is 17.7 Å². The van der Waals surface area contributed by atoms with Gasteiger partial charge in [0.1, 0.15) is 6.04 Å². The van der Waals surface area contributed by atoms with Crippen LogP contribution in [0.3, 0.4) is 0 Å². The lowest BCUT2D eigenvalue weighted by atomic mass is 10.1. The second-order valence-corrected chi connectivity index (χ2v) is 7.99. The van der Waals surface area contributed by atoms with Crippen molar-refractivity contribution in [3.8, 4) is 0 Å². The summed E-state index contributed by atoms with van der Waals surface area (Å²) in [6, 6.07) is 4.51. The molecule has 1 unspecified atom stereocenters. The Hall–Kier alpha value is -2.94. The number of carbonyl (C=O) groups is 4. The number of amides is 3. The average molecular weight is 433 g/mol. The maximum atomic E-state index is 12.7. The molecule has 9 nitrogen and oxygen atoms in total. The minimum atomic E-state index is -0.754. The van der Waals surface area contributed by atoms with E-state index < -0.39 is 12.0 Å². The molecule has 1 atom stereocenters. The number of nitrogens with one attached hydrogen (secondary N) is 3. The van der Waals surface area contributed by atoms with Gasteiger partial charge in [-0.2, -0.15) is 0 Å². The molecule has 0 saturated carbocycles. The average Bonchev–Trinajstić information content (AvgIpc) is 2.71. The van der Waals surface area contributed by atoms with Crippen LogP contribution in [0.25, 0.3) is 0 Å². The van der Waals surface area contributed by atoms with E-state index in [1.807, 2.05) is 20.8 Å². The molecule has 170 valence electrons. The highest BCUT2D eigenvalue weighted by Gasteiger charge is 2.33. The number of anilines is 2. The van der Waals surface area contributed by atoms with Gasteiger partial charge in [0.15, 0.2) is 0 Å². The highest BCUT2D eigenvalue weighted by atomic mass is 16.5. The maximum Gasteiger partial charge on any atom is 0.307 e. The summed E-state index contributed by atoms with van der Waals surface area (Å²) in [5.74, 6) is -0.972. The lowest BCUT2D eigenvalue weighted by Gasteiger charge is -2.34. The molecule has 9 heteroatoms. The summed E-state index contributed by atoms with van der Waals surface area (Å²) in [7, 11) is 0. The van der Waals surface area contributed by atoms with Gasteiger partial charge in [-0.1, -0.05) is 26.8 Å². The van der Waals surface area contributed by atoms with Crippen LogP contribution in [0.4, 0.5) is 11.4 Å². The molecule has 2 rings (SSSR count). The second kappa shape index (κ2) is 11.5. The first-order chi connectivity index (χ1) is 14.7. The molecule has 1 aliphatic rings. The van der Waals surface area contributed by atoms with Crippen molar-refractivity contribution in [2.24, 2.45) is 5.92 Å². The molecule has 1 saturated heterocycles. The zero-order chi connectivity index (χ0) is 23.0. The minimum absolute atomic E-state index is 0.0411. The van der Waals surface area contributed by atoms with Crippen LogP contribution in [0.15, 0.2) is 18.2 Å². The predicted octanol–water partition coefficient (Wildman–Crippen LogP) is 1.67. The summed E-state index contributed by atoms with van der Waals surface area (Å²) in [4.78, 5) is 50.5. The van der Waals surface area contributed by atoms with E-state index in [1.165, 1.54) is 0 Å². The molecule has 0 aromatic heterocycles. The van der Waals surface area contributed by atoms with Crippen LogP contribution in [-0.2, 0) is 23.9 Å². The minimum Gasteiger partial charge on any atom is -0.465 e. The Labute approximate surface area is 182 Å². The maximum absolute atomic E-state index is 12.7. The van der Waals surface area contributed by atoms with E-state index in [2.05, 4.69) is 16.0 Å². The Bertz CT molecular complexity index is 824. The summed E-state index contributed by atoms with van der Waals surface area (Å²) in [5, 5.41) is 8.38. The van der Waals surface area contributed by atoms with Crippen molar-refractivity contribution >= 4 is 35.1 Å². The van der Waals surface area contributed by atoms with Crippen LogP contribution in [-0.4, -0.2) is 60.9 Å². The molecule has 3 N–H and O–H groups in total. The molecule has 3 amide bonds. The van der Waals surface area contributed by atoms with Crippen LogP contribution >= 0.6 is 0 Å². The van der Waals surface area contributed by atoms with Crippen molar-refractivity contribution in [1.82, 2.24) is 10.2 Å². The molecule has 31 heavy (non-hydrogen) atoms. The Kier molecular flexibility index (Phi) is 8.99. The fourth-order valence-electron chi connectivity index (χ4n) is 3.17. The van der Waals surface area contributed by atoms with E-state index in [9.17, 15) is 19.2 Å². The molecule has 0 bridgehead atoms. The zero-order valence-electron chi connectivity index (χ0n) is 18.6. The van der Waals surface area contributed by atoms with E-state index in [1.54, 1.807) is 30.0 Å². The first kappa shape index (κ1) is 24.3. The third-order valence-electron chi connectivity index (χ3n) is 4.93. The lowest BCUT2D eigenvalue weighted by Crippen LogP contribution is -2.57. The largest absolute Gasteiger partial charge is 0.465 e. The topological polar surface area (TPSA) is 117 Å². The number of nitrogens with zero attached hydrogens (tertiary/aromatic N) is 1. The van der Waals surface area contributed by atoms with Crippen molar-refractivity contribution in [2.45, 2.75) is 46.6 Å². The molecular weight excluding hydrogens is 400 g/mol. The molecule has 1 aromatic carbocycles. The van der Waals surface area contributed by atoms with Gasteiger partial charge in [-0.3, -0.25) is 24.1 Å². The number of benzene rings is 1. The SMILES string of the molecule is CCC(=O)Nc1cccc(NC(=O)CN2CCNC(=O)C2CC(=O)OCC(C)C)c1C. The zero-order valence-corrected chi connectivity index (χ0v) is 18.6. The molecule has 0 radical (unpaired) electrons. The normalized spacial score (nSPS) is 16.5. The molecule has 0 aliphatic carbocycles. The molecule has 0 spiro atoms. The predicted molar refractivity (Wildman–Crippen MR) is 118 cm³/mol. The van der Waals surface area contributed by atoms with Gasteiger partial charge >= 0.3 is 5.97 Å². The number of piperazine rings is 1. The van der Waals surface area contributed by atoms with Gasteiger partial charge in [0.25, 0.3) is 0 Å². The number of carbonyl (C=O) groups excluding carboxylic acids is 4. The van der Waals surface area contributed by atoms with Crippen molar-refractivity contribution < 1.29 is 23.9 Å². The van der Waals surface area contributed by atoms with Crippen molar-refractivity contribution in [1.29, 1.82) is 0 Å². The highest BCUT2D eigenvalue weighted by molar-refractivity contribution is 5.97. The Morgan fingerprint density at radius 1 is 1.19 bits per heavy atom. The number of ether oxygens (including phenoxy) is 1. The Balaban J connectivity index is 2.02. The van der Waals surface area contributed by atoms with E-state index in [0.29, 0.717) is 30.9 Å². The van der Waals surface area contributed by atoms with Crippen molar-refractivity contribution in [2.75, 3.05) is 36.9 Å². The van der Waals surface area contributed by atoms with Crippen LogP contribution in [0.1, 0.15) is 39.2 Å². The number of hydrogen-bond donors (Lipinski definition) is 3. The summed E-state index contributed by atoms with van der Waals surface area (Å²) in [6.07, 6.45) is 0.247. The molecule has 1 aromatic rings. The second-order valence-electron chi connectivity index (χ2n) is 7.99. The van der Waals surface area contributed by atoms with Crippen LogP contribution in [0.2, 0.25) is 0 Å². The summed E-state index contributed by atoms with van der Waals surface area (Å²) < 4.78 is 5.19. The van der Waals surface area contributed by atoms with Crippen LogP contribution in [0.5, 0.6) is 0 Å². The molecular formula is C22H32N4O5. The van der Waals surface area contributed by atoms with Crippen molar-refractivity contribution in [3.63, 3.8) is 0 Å². The number of hydrogen-bond acceptors (Lipinski definition) is 6. The highest BCUT2D eigenvalue weighted by Crippen LogP contribution is 2.23.